The summed E-state index contributed by atoms with van der Waals surface area (Å²) in [6.45, 7) is 1.55. The minimum absolute atomic E-state index is 0.0287. The van der Waals surface area contributed by atoms with Gasteiger partial charge in [0.25, 0.3) is 0 Å². The molecule has 1 aliphatic heterocycles. The van der Waals surface area contributed by atoms with E-state index >= 15 is 0 Å². The van der Waals surface area contributed by atoms with Crippen LogP contribution in [-0.4, -0.2) is 35.3 Å². The van der Waals surface area contributed by atoms with Gasteiger partial charge >= 0.3 is 0 Å². The molecule has 2 aromatic heterocycles. The quantitative estimate of drug-likeness (QED) is 0.620. The largest absolute Gasteiger partial charge is 0.385 e. The lowest BCUT2D eigenvalue weighted by atomic mass is 10.0. The maximum atomic E-state index is 6.15. The van der Waals surface area contributed by atoms with E-state index in [2.05, 4.69) is 21.3 Å². The number of ether oxygens (including phenoxy) is 1. The molecule has 0 aliphatic carbocycles. The van der Waals surface area contributed by atoms with Gasteiger partial charge in [0.2, 0.25) is 0 Å². The zero-order chi connectivity index (χ0) is 16.2. The third-order valence-corrected chi connectivity index (χ3v) is 5.48. The molecule has 0 saturated carbocycles. The van der Waals surface area contributed by atoms with E-state index in [4.69, 9.17) is 28.6 Å². The van der Waals surface area contributed by atoms with Crippen LogP contribution in [0.2, 0.25) is 4.34 Å². The van der Waals surface area contributed by atoms with Crippen LogP contribution >= 0.6 is 35.2 Å². The lowest BCUT2D eigenvalue weighted by Gasteiger charge is -2.26. The second-order valence-electron chi connectivity index (χ2n) is 5.31. The van der Waals surface area contributed by atoms with E-state index in [1.807, 2.05) is 30.5 Å². The van der Waals surface area contributed by atoms with Crippen molar-refractivity contribution in [2.24, 2.45) is 0 Å². The normalized spacial score (nSPS) is 20.8. The van der Waals surface area contributed by atoms with Gasteiger partial charge in [0.15, 0.2) is 5.11 Å². The number of rotatable bonds is 6. The number of halogens is 1. The number of hydrogen-bond donors (Lipinski definition) is 1. The first-order valence-corrected chi connectivity index (χ1v) is 9.03. The summed E-state index contributed by atoms with van der Waals surface area (Å²) in [6, 6.07) is 10.1. The molecule has 1 saturated heterocycles. The average Bonchev–Trinajstić information content (AvgIpc) is 3.12. The Morgan fingerprint density at radius 2 is 2.26 bits per heavy atom. The van der Waals surface area contributed by atoms with Crippen molar-refractivity contribution in [1.82, 2.24) is 15.2 Å². The lowest BCUT2D eigenvalue weighted by molar-refractivity contribution is 0.181. The number of thiophene rings is 1. The second kappa shape index (κ2) is 7.57. The fourth-order valence-corrected chi connectivity index (χ4v) is 4.37. The summed E-state index contributed by atoms with van der Waals surface area (Å²) in [6.07, 6.45) is 2.73. The van der Waals surface area contributed by atoms with Crippen molar-refractivity contribution in [3.05, 3.63) is 51.4 Å². The highest BCUT2D eigenvalue weighted by molar-refractivity contribution is 7.80. The van der Waals surface area contributed by atoms with E-state index in [-0.39, 0.29) is 12.1 Å². The van der Waals surface area contributed by atoms with Crippen molar-refractivity contribution in [2.75, 3.05) is 20.3 Å². The monoisotopic (exact) mass is 367 g/mol. The number of hydrogen-bond acceptors (Lipinski definition) is 4. The van der Waals surface area contributed by atoms with Gasteiger partial charge in [0.1, 0.15) is 0 Å². The van der Waals surface area contributed by atoms with Crippen LogP contribution in [0.5, 0.6) is 0 Å². The first-order valence-electron chi connectivity index (χ1n) is 7.43. The SMILES string of the molecule is COCCCN1C(=S)N[C@H](c2ccccn2)[C@H]1c1ccc(Cl)s1. The van der Waals surface area contributed by atoms with Gasteiger partial charge < -0.3 is 15.0 Å². The van der Waals surface area contributed by atoms with Crippen LogP contribution in [0.4, 0.5) is 0 Å². The summed E-state index contributed by atoms with van der Waals surface area (Å²) in [5.74, 6) is 0. The Labute approximate surface area is 150 Å². The van der Waals surface area contributed by atoms with Gasteiger partial charge in [-0.25, -0.2) is 0 Å². The van der Waals surface area contributed by atoms with Crippen LogP contribution in [0.25, 0.3) is 0 Å². The van der Waals surface area contributed by atoms with Gasteiger partial charge in [-0.1, -0.05) is 17.7 Å². The number of pyridine rings is 1. The molecule has 3 heterocycles. The molecule has 23 heavy (non-hydrogen) atoms. The Bertz CT molecular complexity index is 664. The molecule has 0 radical (unpaired) electrons. The zero-order valence-electron chi connectivity index (χ0n) is 12.7. The Morgan fingerprint density at radius 3 is 2.91 bits per heavy atom. The molecule has 2 atom stereocenters. The average molecular weight is 368 g/mol. The fourth-order valence-electron chi connectivity index (χ4n) is 2.82. The summed E-state index contributed by atoms with van der Waals surface area (Å²) in [4.78, 5) is 7.92. The van der Waals surface area contributed by atoms with Crippen molar-refractivity contribution in [1.29, 1.82) is 0 Å². The molecular formula is C16H18ClN3OS2. The Balaban J connectivity index is 1.91. The number of nitrogens with zero attached hydrogens (tertiary/aromatic N) is 2. The molecule has 0 aromatic carbocycles. The van der Waals surface area contributed by atoms with Crippen LogP contribution in [0.1, 0.15) is 29.1 Å². The minimum Gasteiger partial charge on any atom is -0.385 e. The predicted molar refractivity (Wildman–Crippen MR) is 98.0 cm³/mol. The van der Waals surface area contributed by atoms with E-state index < -0.39 is 0 Å². The molecule has 0 unspecified atom stereocenters. The highest BCUT2D eigenvalue weighted by Gasteiger charge is 2.40. The van der Waals surface area contributed by atoms with Crippen molar-refractivity contribution in [2.45, 2.75) is 18.5 Å². The highest BCUT2D eigenvalue weighted by Crippen LogP contribution is 2.42. The number of nitrogens with one attached hydrogen (secondary N) is 1. The van der Waals surface area contributed by atoms with Gasteiger partial charge in [-0.2, -0.15) is 0 Å². The minimum atomic E-state index is 0.0287. The van der Waals surface area contributed by atoms with Crippen molar-refractivity contribution in [3.8, 4) is 0 Å². The molecule has 2 aromatic rings. The first-order chi connectivity index (χ1) is 11.2. The molecule has 1 N–H and O–H groups in total. The third-order valence-electron chi connectivity index (χ3n) is 3.83. The first kappa shape index (κ1) is 16.6. The fraction of sp³-hybridized carbons (Fsp3) is 0.375. The molecule has 122 valence electrons. The summed E-state index contributed by atoms with van der Waals surface area (Å²) >= 11 is 13.3. The standard InChI is InChI=1S/C16H18ClN3OS2/c1-21-10-4-9-20-15(12-6-7-13(17)23-12)14(19-16(20)22)11-5-2-3-8-18-11/h2-3,5-8,14-15H,4,9-10H2,1H3,(H,19,22)/t14-,15-/m1/s1. The molecule has 1 aliphatic rings. The zero-order valence-corrected chi connectivity index (χ0v) is 15.1. The Morgan fingerprint density at radius 1 is 1.39 bits per heavy atom. The Kier molecular flexibility index (Phi) is 5.48. The van der Waals surface area contributed by atoms with Crippen LogP contribution in [0, 0.1) is 0 Å². The summed E-state index contributed by atoms with van der Waals surface area (Å²) in [7, 11) is 1.72. The van der Waals surface area contributed by atoms with Gasteiger partial charge in [-0.05, 0) is 42.9 Å². The van der Waals surface area contributed by atoms with E-state index in [0.717, 1.165) is 28.1 Å². The van der Waals surface area contributed by atoms with Crippen LogP contribution < -0.4 is 5.32 Å². The van der Waals surface area contributed by atoms with Crippen LogP contribution in [0.3, 0.4) is 0 Å². The van der Waals surface area contributed by atoms with Gasteiger partial charge in [0.05, 0.1) is 22.1 Å². The molecule has 0 bridgehead atoms. The smallest absolute Gasteiger partial charge is 0.170 e. The Hall–Kier alpha value is -1.21. The molecule has 7 heteroatoms. The molecule has 1 fully saturated rings. The van der Waals surface area contributed by atoms with Crippen molar-refractivity contribution < 1.29 is 4.74 Å². The van der Waals surface area contributed by atoms with Gasteiger partial charge in [-0.3, -0.25) is 4.98 Å². The van der Waals surface area contributed by atoms with Gasteiger partial charge in [0, 0.05) is 31.3 Å². The number of thiocarbonyl (C=S) groups is 1. The maximum absolute atomic E-state index is 6.15. The third kappa shape index (κ3) is 3.66. The summed E-state index contributed by atoms with van der Waals surface area (Å²) in [5, 5.41) is 4.18. The highest BCUT2D eigenvalue weighted by atomic mass is 35.5. The number of aromatic nitrogens is 1. The molecule has 4 nitrogen and oxygen atoms in total. The van der Waals surface area contributed by atoms with Crippen LogP contribution in [-0.2, 0) is 4.74 Å². The van der Waals surface area contributed by atoms with E-state index in [0.29, 0.717) is 6.61 Å². The molecule has 0 amide bonds. The topological polar surface area (TPSA) is 37.4 Å². The number of methoxy groups -OCH3 is 1. The van der Waals surface area contributed by atoms with E-state index in [1.54, 1.807) is 18.4 Å². The predicted octanol–water partition coefficient (Wildman–Crippen LogP) is 3.81. The molecular weight excluding hydrogens is 350 g/mol. The summed E-state index contributed by atoms with van der Waals surface area (Å²) < 4.78 is 5.96. The molecule has 3 rings (SSSR count). The maximum Gasteiger partial charge on any atom is 0.170 e. The van der Waals surface area contributed by atoms with Crippen molar-refractivity contribution in [3.63, 3.8) is 0 Å². The second-order valence-corrected chi connectivity index (χ2v) is 7.44. The summed E-state index contributed by atoms with van der Waals surface area (Å²) in [5.41, 5.74) is 0.985. The van der Waals surface area contributed by atoms with Crippen molar-refractivity contribution >= 4 is 40.3 Å². The molecule has 0 spiro atoms. The van der Waals surface area contributed by atoms with E-state index in [1.165, 1.54) is 4.88 Å². The lowest BCUT2D eigenvalue weighted by Crippen LogP contribution is -2.30. The van der Waals surface area contributed by atoms with E-state index in [9.17, 15) is 0 Å². The van der Waals surface area contributed by atoms with Crippen LogP contribution in [0.15, 0.2) is 36.5 Å². The van der Waals surface area contributed by atoms with Gasteiger partial charge in [-0.15, -0.1) is 11.3 Å².